The van der Waals surface area contributed by atoms with Crippen LogP contribution in [0.2, 0.25) is 0 Å². The molecular weight excluding hydrogens is 471 g/mol. The average Bonchev–Trinajstić information content (AvgIpc) is 2.86. The van der Waals surface area contributed by atoms with E-state index in [1.807, 2.05) is 24.3 Å². The van der Waals surface area contributed by atoms with Crippen LogP contribution in [0.15, 0.2) is 42.2 Å². The Bertz CT molecular complexity index is 1150. The monoisotopic (exact) mass is 502 g/mol. The molecule has 2 aliphatic rings. The Morgan fingerprint density at radius 1 is 0.944 bits per heavy atom. The second-order valence-corrected chi connectivity index (χ2v) is 9.90. The number of rotatable bonds is 7. The van der Waals surface area contributed by atoms with Crippen molar-refractivity contribution in [1.82, 2.24) is 0 Å². The molecule has 0 N–H and O–H groups in total. The van der Waals surface area contributed by atoms with Gasteiger partial charge in [-0.1, -0.05) is 55.7 Å². The summed E-state index contributed by atoms with van der Waals surface area (Å²) >= 11 is 0. The molecule has 2 aromatic carbocycles. The summed E-state index contributed by atoms with van der Waals surface area (Å²) in [5, 5.41) is 0. The maximum absolute atomic E-state index is 14.6. The smallest absolute Gasteiger partial charge is 0.333 e. The van der Waals surface area contributed by atoms with Crippen molar-refractivity contribution in [3.8, 4) is 11.8 Å². The first-order valence-corrected chi connectivity index (χ1v) is 12.6. The predicted octanol–water partition coefficient (Wildman–Crippen LogP) is 8.36. The van der Waals surface area contributed by atoms with E-state index in [2.05, 4.69) is 11.8 Å². The molecule has 1 atom stereocenters. The van der Waals surface area contributed by atoms with Gasteiger partial charge in [0.2, 0.25) is 0 Å². The average molecular weight is 503 g/mol. The SMILES string of the molecule is COCCCC1CCC(CCc2ccccc2C#Cc2cc(F)cc3c2C(F)C(F)(F)C(F)=C3)CC1. The van der Waals surface area contributed by atoms with Gasteiger partial charge < -0.3 is 4.74 Å². The van der Waals surface area contributed by atoms with E-state index in [-0.39, 0.29) is 11.1 Å². The Labute approximate surface area is 209 Å². The molecule has 0 saturated heterocycles. The number of aryl methyl sites for hydroxylation is 1. The number of hydrogen-bond acceptors (Lipinski definition) is 1. The molecule has 0 aromatic heterocycles. The zero-order valence-electron chi connectivity index (χ0n) is 20.4. The van der Waals surface area contributed by atoms with E-state index in [4.69, 9.17) is 4.74 Å². The van der Waals surface area contributed by atoms with Crippen LogP contribution < -0.4 is 0 Å². The number of ether oxygens (including phenoxy) is 1. The zero-order chi connectivity index (χ0) is 25.7. The molecule has 0 radical (unpaired) electrons. The lowest BCUT2D eigenvalue weighted by atomic mass is 9.78. The number of benzene rings is 2. The largest absolute Gasteiger partial charge is 0.385 e. The van der Waals surface area contributed by atoms with Crippen molar-refractivity contribution in [2.45, 2.75) is 63.5 Å². The van der Waals surface area contributed by atoms with Crippen LogP contribution >= 0.6 is 0 Å². The number of allylic oxidation sites excluding steroid dienone is 1. The Morgan fingerprint density at radius 3 is 2.33 bits per heavy atom. The highest BCUT2D eigenvalue weighted by molar-refractivity contribution is 5.66. The maximum Gasteiger partial charge on any atom is 0.333 e. The lowest BCUT2D eigenvalue weighted by Crippen LogP contribution is -2.28. The van der Waals surface area contributed by atoms with Crippen LogP contribution in [0.1, 0.15) is 78.9 Å². The first-order valence-electron chi connectivity index (χ1n) is 12.6. The number of hydrogen-bond donors (Lipinski definition) is 0. The molecule has 6 heteroatoms. The summed E-state index contributed by atoms with van der Waals surface area (Å²) in [6, 6.07) is 9.32. The molecule has 0 aliphatic heterocycles. The molecule has 36 heavy (non-hydrogen) atoms. The van der Waals surface area contributed by atoms with E-state index in [0.717, 1.165) is 49.5 Å². The second kappa shape index (κ2) is 11.6. The van der Waals surface area contributed by atoms with Crippen LogP contribution in [-0.4, -0.2) is 19.6 Å². The van der Waals surface area contributed by atoms with Gasteiger partial charge in [-0.2, -0.15) is 8.78 Å². The summed E-state index contributed by atoms with van der Waals surface area (Å²) in [6.45, 7) is 0.818. The first-order chi connectivity index (χ1) is 17.3. The van der Waals surface area contributed by atoms with Gasteiger partial charge in [0.1, 0.15) is 5.82 Å². The Balaban J connectivity index is 1.47. The molecule has 1 saturated carbocycles. The minimum Gasteiger partial charge on any atom is -0.385 e. The van der Waals surface area contributed by atoms with E-state index in [9.17, 15) is 22.0 Å². The molecule has 1 nitrogen and oxygen atoms in total. The van der Waals surface area contributed by atoms with Crippen molar-refractivity contribution in [1.29, 1.82) is 0 Å². The summed E-state index contributed by atoms with van der Waals surface area (Å²) in [7, 11) is 1.74. The first kappa shape index (κ1) is 26.4. The lowest BCUT2D eigenvalue weighted by Gasteiger charge is -2.28. The predicted molar refractivity (Wildman–Crippen MR) is 132 cm³/mol. The van der Waals surface area contributed by atoms with E-state index in [0.29, 0.717) is 17.6 Å². The highest BCUT2D eigenvalue weighted by atomic mass is 19.3. The van der Waals surface area contributed by atoms with Crippen molar-refractivity contribution < 1.29 is 26.7 Å². The van der Waals surface area contributed by atoms with Crippen LogP contribution in [-0.2, 0) is 11.2 Å². The standard InChI is InChI=1S/C30H31F5O/c1-36-16-4-5-20-8-10-21(11-9-20)12-13-22-6-2-3-7-23(22)14-15-24-17-26(31)18-25-19-27(32)30(34,35)29(33)28(24)25/h2-3,6-7,17-21,29H,4-5,8-13,16H2,1H3. The third kappa shape index (κ3) is 6.00. The summed E-state index contributed by atoms with van der Waals surface area (Å²) in [4.78, 5) is 0. The highest BCUT2D eigenvalue weighted by Crippen LogP contribution is 2.48. The number of halogens is 5. The molecule has 2 aromatic rings. The third-order valence-corrected chi connectivity index (χ3v) is 7.45. The van der Waals surface area contributed by atoms with Gasteiger partial charge in [0, 0.05) is 30.4 Å². The van der Waals surface area contributed by atoms with E-state index < -0.39 is 29.3 Å². The molecule has 192 valence electrons. The minimum atomic E-state index is -4.30. The second-order valence-electron chi connectivity index (χ2n) is 9.90. The Kier molecular flexibility index (Phi) is 8.51. The van der Waals surface area contributed by atoms with Crippen LogP contribution in [0.25, 0.3) is 6.08 Å². The zero-order valence-corrected chi connectivity index (χ0v) is 20.4. The Morgan fingerprint density at radius 2 is 1.61 bits per heavy atom. The van der Waals surface area contributed by atoms with Gasteiger partial charge in [0.15, 0.2) is 12.0 Å². The number of methoxy groups -OCH3 is 1. The fraction of sp³-hybridized carbons (Fsp3) is 0.467. The van der Waals surface area contributed by atoms with Crippen LogP contribution in [0.4, 0.5) is 22.0 Å². The fourth-order valence-electron chi connectivity index (χ4n) is 5.36. The summed E-state index contributed by atoms with van der Waals surface area (Å²) in [5.41, 5.74) is 0.799. The lowest BCUT2D eigenvalue weighted by molar-refractivity contribution is -0.0577. The van der Waals surface area contributed by atoms with Crippen LogP contribution in [0, 0.1) is 29.5 Å². The molecule has 0 heterocycles. The van der Waals surface area contributed by atoms with Gasteiger partial charge >= 0.3 is 5.92 Å². The van der Waals surface area contributed by atoms with Crippen molar-refractivity contribution >= 4 is 6.08 Å². The van der Waals surface area contributed by atoms with E-state index >= 15 is 0 Å². The van der Waals surface area contributed by atoms with E-state index in [1.165, 1.54) is 32.1 Å². The molecule has 0 bridgehead atoms. The van der Waals surface area contributed by atoms with Gasteiger partial charge in [-0.15, -0.1) is 0 Å². The molecule has 4 rings (SSSR count). The topological polar surface area (TPSA) is 9.23 Å². The quantitative estimate of drug-likeness (QED) is 0.210. The molecule has 1 unspecified atom stereocenters. The van der Waals surface area contributed by atoms with Crippen LogP contribution in [0.3, 0.4) is 0 Å². The molecular formula is C30H31F5O. The van der Waals surface area contributed by atoms with Gasteiger partial charge in [-0.3, -0.25) is 0 Å². The van der Waals surface area contributed by atoms with Gasteiger partial charge in [-0.05, 0) is 72.9 Å². The number of alkyl halides is 3. The molecule has 0 amide bonds. The normalized spacial score (nSPS) is 22.8. The summed E-state index contributed by atoms with van der Waals surface area (Å²) in [6.07, 6.45) is 6.63. The molecule has 1 fully saturated rings. The summed E-state index contributed by atoms with van der Waals surface area (Å²) < 4.78 is 75.6. The van der Waals surface area contributed by atoms with E-state index in [1.54, 1.807) is 7.11 Å². The molecule has 0 spiro atoms. The van der Waals surface area contributed by atoms with Gasteiger partial charge in [0.05, 0.1) is 0 Å². The van der Waals surface area contributed by atoms with Crippen LogP contribution in [0.5, 0.6) is 0 Å². The van der Waals surface area contributed by atoms with Crippen molar-refractivity contribution in [3.63, 3.8) is 0 Å². The van der Waals surface area contributed by atoms with Crippen molar-refractivity contribution in [2.75, 3.05) is 13.7 Å². The highest BCUT2D eigenvalue weighted by Gasteiger charge is 2.50. The summed E-state index contributed by atoms with van der Waals surface area (Å²) in [5.74, 6) is 0.0543. The van der Waals surface area contributed by atoms with Gasteiger partial charge in [0.25, 0.3) is 0 Å². The minimum absolute atomic E-state index is 0.192. The van der Waals surface area contributed by atoms with Gasteiger partial charge in [-0.25, -0.2) is 13.2 Å². The Hall–Kier alpha value is -2.65. The van der Waals surface area contributed by atoms with Crippen molar-refractivity contribution in [3.05, 3.63) is 75.9 Å². The third-order valence-electron chi connectivity index (χ3n) is 7.45. The number of fused-ring (bicyclic) bond motifs is 1. The molecule has 2 aliphatic carbocycles. The van der Waals surface area contributed by atoms with Crippen molar-refractivity contribution in [2.24, 2.45) is 11.8 Å². The fourth-order valence-corrected chi connectivity index (χ4v) is 5.36. The maximum atomic E-state index is 14.6.